The van der Waals surface area contributed by atoms with Gasteiger partial charge in [0.05, 0.1) is 29.6 Å². The number of ether oxygens (including phenoxy) is 1. The van der Waals surface area contributed by atoms with Gasteiger partial charge in [-0.15, -0.1) is 0 Å². The summed E-state index contributed by atoms with van der Waals surface area (Å²) in [6.07, 6.45) is 6.48. The Morgan fingerprint density at radius 1 is 1.24 bits per heavy atom. The lowest BCUT2D eigenvalue weighted by Crippen LogP contribution is -2.36. The van der Waals surface area contributed by atoms with Crippen molar-refractivity contribution < 1.29 is 14.6 Å². The van der Waals surface area contributed by atoms with Crippen molar-refractivity contribution >= 4 is 23.5 Å². The highest BCUT2D eigenvalue weighted by molar-refractivity contribution is 6.30. The predicted octanol–water partition coefficient (Wildman–Crippen LogP) is 4.77. The van der Waals surface area contributed by atoms with Crippen LogP contribution in [0.3, 0.4) is 0 Å². The summed E-state index contributed by atoms with van der Waals surface area (Å²) in [4.78, 5) is 22.1. The van der Waals surface area contributed by atoms with Gasteiger partial charge in [-0.3, -0.25) is 0 Å². The summed E-state index contributed by atoms with van der Waals surface area (Å²) in [6.45, 7) is 8.44. The number of aryl methyl sites for hydroxylation is 2. The lowest BCUT2D eigenvalue weighted by atomic mass is 9.84. The highest BCUT2D eigenvalue weighted by Gasteiger charge is 2.25. The van der Waals surface area contributed by atoms with E-state index >= 15 is 0 Å². The molecule has 29 heavy (non-hydrogen) atoms. The summed E-state index contributed by atoms with van der Waals surface area (Å²) in [5, 5.41) is 9.83. The first kappa shape index (κ1) is 21.4. The number of hydrogen-bond donors (Lipinski definition) is 1. The van der Waals surface area contributed by atoms with Gasteiger partial charge in [0.25, 0.3) is 0 Å². The molecule has 1 unspecified atom stereocenters. The second-order valence-corrected chi connectivity index (χ2v) is 8.31. The van der Waals surface area contributed by atoms with Crippen LogP contribution in [0.25, 0.3) is 0 Å². The smallest absolute Gasteiger partial charge is 0.336 e. The average molecular weight is 418 g/mol. The third kappa shape index (κ3) is 5.38. The van der Waals surface area contributed by atoms with Gasteiger partial charge < -0.3 is 14.7 Å². The van der Waals surface area contributed by atoms with Crippen LogP contribution in [0.15, 0.2) is 24.5 Å². The number of rotatable bonds is 7. The zero-order valence-electron chi connectivity index (χ0n) is 17.2. The summed E-state index contributed by atoms with van der Waals surface area (Å²) in [6, 6.07) is 3.62. The van der Waals surface area contributed by atoms with Crippen molar-refractivity contribution in [1.82, 2.24) is 9.97 Å². The Balaban J connectivity index is 1.46. The van der Waals surface area contributed by atoms with Gasteiger partial charge in [-0.05, 0) is 68.2 Å². The molecule has 0 amide bonds. The molecule has 2 aromatic rings. The molecule has 1 aliphatic rings. The molecule has 0 bridgehead atoms. The fraction of sp³-hybridized carbons (Fsp3) is 0.500. The van der Waals surface area contributed by atoms with Gasteiger partial charge in [0.2, 0.25) is 5.95 Å². The largest absolute Gasteiger partial charge is 0.494 e. The Morgan fingerprint density at radius 2 is 1.83 bits per heavy atom. The van der Waals surface area contributed by atoms with Crippen LogP contribution in [0.5, 0.6) is 5.75 Å². The first-order chi connectivity index (χ1) is 13.8. The van der Waals surface area contributed by atoms with E-state index in [1.165, 1.54) is 0 Å². The summed E-state index contributed by atoms with van der Waals surface area (Å²) in [5.41, 5.74) is 1.83. The summed E-state index contributed by atoms with van der Waals surface area (Å²) in [7, 11) is 0. The van der Waals surface area contributed by atoms with E-state index in [2.05, 4.69) is 21.8 Å². The minimum absolute atomic E-state index is 0.363. The summed E-state index contributed by atoms with van der Waals surface area (Å²) >= 11 is 5.87. The normalized spacial score (nSPS) is 15.9. The van der Waals surface area contributed by atoms with Crippen molar-refractivity contribution in [3.63, 3.8) is 0 Å². The number of aromatic carboxylic acids is 1. The van der Waals surface area contributed by atoms with Crippen molar-refractivity contribution in [3.8, 4) is 5.75 Å². The van der Waals surface area contributed by atoms with Crippen molar-refractivity contribution in [2.75, 3.05) is 24.6 Å². The lowest BCUT2D eigenvalue weighted by Gasteiger charge is -2.34. The Labute approximate surface area is 176 Å². The number of benzene rings is 1. The molecule has 156 valence electrons. The Morgan fingerprint density at radius 3 is 2.38 bits per heavy atom. The van der Waals surface area contributed by atoms with E-state index in [1.807, 2.05) is 26.0 Å². The second-order valence-electron chi connectivity index (χ2n) is 7.88. The molecule has 2 heterocycles. The molecule has 1 aliphatic heterocycles. The van der Waals surface area contributed by atoms with Crippen molar-refractivity contribution in [1.29, 1.82) is 0 Å². The molecule has 0 aliphatic carbocycles. The van der Waals surface area contributed by atoms with Gasteiger partial charge in [0.15, 0.2) is 0 Å². The van der Waals surface area contributed by atoms with Gasteiger partial charge in [0, 0.05) is 13.1 Å². The topological polar surface area (TPSA) is 75.5 Å². The number of carboxylic acid groups (broad SMARTS) is 1. The number of carbonyl (C=O) groups is 1. The first-order valence-corrected chi connectivity index (χ1v) is 10.4. The van der Waals surface area contributed by atoms with Gasteiger partial charge in [0.1, 0.15) is 5.75 Å². The number of nitrogens with zero attached hydrogens (tertiary/aromatic N) is 3. The highest BCUT2D eigenvalue weighted by atomic mass is 35.5. The average Bonchev–Trinajstić information content (AvgIpc) is 2.68. The molecule has 1 atom stereocenters. The van der Waals surface area contributed by atoms with Crippen molar-refractivity contribution in [2.45, 2.75) is 40.0 Å². The Bertz CT molecular complexity index is 826. The van der Waals surface area contributed by atoms with Gasteiger partial charge >= 0.3 is 5.97 Å². The molecule has 7 heteroatoms. The minimum Gasteiger partial charge on any atom is -0.494 e. The molecule has 0 spiro atoms. The predicted molar refractivity (Wildman–Crippen MR) is 114 cm³/mol. The third-order valence-corrected chi connectivity index (χ3v) is 5.99. The molecule has 6 nitrogen and oxygen atoms in total. The highest BCUT2D eigenvalue weighted by Crippen LogP contribution is 2.29. The molecule has 1 saturated heterocycles. The zero-order valence-corrected chi connectivity index (χ0v) is 17.9. The maximum Gasteiger partial charge on any atom is 0.336 e. The zero-order chi connectivity index (χ0) is 21.0. The fourth-order valence-electron chi connectivity index (χ4n) is 4.08. The van der Waals surface area contributed by atoms with E-state index < -0.39 is 5.97 Å². The molecule has 1 aromatic heterocycles. The molecule has 3 rings (SSSR count). The van der Waals surface area contributed by atoms with E-state index in [0.717, 1.165) is 55.2 Å². The number of aromatic nitrogens is 2. The number of carboxylic acids is 1. The van der Waals surface area contributed by atoms with Crippen LogP contribution in [-0.2, 0) is 0 Å². The summed E-state index contributed by atoms with van der Waals surface area (Å²) in [5.74, 6) is 1.81. The van der Waals surface area contributed by atoms with Gasteiger partial charge in [-0.1, -0.05) is 18.5 Å². The van der Waals surface area contributed by atoms with Crippen LogP contribution in [0.4, 0.5) is 5.95 Å². The third-order valence-electron chi connectivity index (χ3n) is 5.80. The monoisotopic (exact) mass is 417 g/mol. The quantitative estimate of drug-likeness (QED) is 0.699. The van der Waals surface area contributed by atoms with Crippen LogP contribution in [0, 0.1) is 25.7 Å². The number of anilines is 1. The number of piperidine rings is 1. The molecule has 1 N–H and O–H groups in total. The van der Waals surface area contributed by atoms with Gasteiger partial charge in [-0.2, -0.15) is 0 Å². The minimum atomic E-state index is -0.893. The van der Waals surface area contributed by atoms with Crippen molar-refractivity contribution in [2.24, 2.45) is 11.8 Å². The van der Waals surface area contributed by atoms with E-state index in [0.29, 0.717) is 29.0 Å². The standard InChI is InChI=1S/C22H28ClN3O3/c1-14(6-9-29-19-10-15(2)20(21(27)28)16(3)11-19)17-4-7-26(8-5-17)22-24-12-18(23)13-25-22/h10-14,17H,4-9H2,1-3H3,(H,27,28). The molecule has 1 fully saturated rings. The van der Waals surface area contributed by atoms with E-state index in [-0.39, 0.29) is 0 Å². The van der Waals surface area contributed by atoms with Crippen LogP contribution >= 0.6 is 11.6 Å². The molecule has 0 radical (unpaired) electrons. The van der Waals surface area contributed by atoms with Crippen molar-refractivity contribution in [3.05, 3.63) is 46.2 Å². The number of hydrogen-bond acceptors (Lipinski definition) is 5. The van der Waals surface area contributed by atoms with Crippen LogP contribution in [-0.4, -0.2) is 40.7 Å². The molecular weight excluding hydrogens is 390 g/mol. The number of halogens is 1. The van der Waals surface area contributed by atoms with Crippen LogP contribution < -0.4 is 9.64 Å². The summed E-state index contributed by atoms with van der Waals surface area (Å²) < 4.78 is 5.93. The van der Waals surface area contributed by atoms with Crippen LogP contribution in [0.2, 0.25) is 5.02 Å². The Hall–Kier alpha value is -2.34. The van der Waals surface area contributed by atoms with Crippen LogP contribution in [0.1, 0.15) is 47.7 Å². The SMILES string of the molecule is Cc1cc(OCCC(C)C2CCN(c3ncc(Cl)cn3)CC2)cc(C)c1C(=O)O. The van der Waals surface area contributed by atoms with E-state index in [4.69, 9.17) is 16.3 Å². The molecular formula is C22H28ClN3O3. The first-order valence-electron chi connectivity index (χ1n) is 10.0. The molecule has 0 saturated carbocycles. The second kappa shape index (κ2) is 9.44. The fourth-order valence-corrected chi connectivity index (χ4v) is 4.18. The Kier molecular flexibility index (Phi) is 6.96. The van der Waals surface area contributed by atoms with Gasteiger partial charge in [-0.25, -0.2) is 14.8 Å². The lowest BCUT2D eigenvalue weighted by molar-refractivity contribution is 0.0695. The maximum atomic E-state index is 11.3. The van der Waals surface area contributed by atoms with E-state index in [1.54, 1.807) is 12.4 Å². The maximum absolute atomic E-state index is 11.3. The van der Waals surface area contributed by atoms with E-state index in [9.17, 15) is 9.90 Å². The molecule has 1 aromatic carbocycles.